The molecule has 3 aromatic rings. The Balaban J connectivity index is 1.67. The van der Waals surface area contributed by atoms with Crippen LogP contribution < -0.4 is 4.74 Å². The monoisotopic (exact) mass is 459 g/mol. The molecule has 0 amide bonds. The fraction of sp³-hybridized carbons (Fsp3) is 0.214. The average Bonchev–Trinajstić information content (AvgIpc) is 2.87. The van der Waals surface area contributed by atoms with Gasteiger partial charge in [0.05, 0.1) is 26.7 Å². The second-order valence-corrected chi connectivity index (χ2v) is 7.62. The zero-order valence-electron chi connectivity index (χ0n) is 19.9. The van der Waals surface area contributed by atoms with Crippen LogP contribution in [0.2, 0.25) is 0 Å². The minimum absolute atomic E-state index is 0.136. The maximum absolute atomic E-state index is 12.2. The summed E-state index contributed by atoms with van der Waals surface area (Å²) in [5.41, 5.74) is 4.79. The van der Waals surface area contributed by atoms with E-state index in [0.29, 0.717) is 11.1 Å². The van der Waals surface area contributed by atoms with E-state index in [4.69, 9.17) is 19.0 Å². The highest BCUT2D eigenvalue weighted by Gasteiger charge is 2.17. The fourth-order valence-electron chi connectivity index (χ4n) is 3.40. The topological polar surface area (TPSA) is 66.4 Å². The van der Waals surface area contributed by atoms with Crippen molar-refractivity contribution in [2.45, 2.75) is 26.6 Å². The quantitative estimate of drug-likeness (QED) is 0.125. The first-order valence-electron chi connectivity index (χ1n) is 10.9. The Morgan fingerprint density at radius 1 is 1.00 bits per heavy atom. The number of hydrogen-bond donors (Lipinski definition) is 0. The number of aryl methyl sites for hydroxylation is 1. The molecule has 6 nitrogen and oxygen atoms in total. The molecule has 0 aromatic heterocycles. The van der Waals surface area contributed by atoms with Crippen LogP contribution in [0.4, 0.5) is 0 Å². The molecule has 0 aliphatic rings. The molecule has 0 radical (unpaired) electrons. The van der Waals surface area contributed by atoms with Crippen LogP contribution in [0, 0.1) is 6.92 Å². The minimum atomic E-state index is -0.474. The number of esters is 1. The van der Waals surface area contributed by atoms with Crippen LogP contribution >= 0.6 is 0 Å². The molecular weight excluding hydrogens is 430 g/mol. The number of hydrogen-bond acceptors (Lipinski definition) is 6. The van der Waals surface area contributed by atoms with Gasteiger partial charge in [-0.2, -0.15) is 0 Å². The van der Waals surface area contributed by atoms with E-state index in [1.54, 1.807) is 6.21 Å². The van der Waals surface area contributed by atoms with Crippen LogP contribution in [0.25, 0.3) is 5.57 Å². The summed E-state index contributed by atoms with van der Waals surface area (Å²) >= 11 is 0. The smallest absolute Gasteiger partial charge is 0.341 e. The van der Waals surface area contributed by atoms with Crippen LogP contribution in [0.5, 0.6) is 5.75 Å². The number of oxime groups is 1. The molecule has 1 atom stereocenters. The van der Waals surface area contributed by atoms with Gasteiger partial charge in [0.1, 0.15) is 24.0 Å². The average molecular weight is 460 g/mol. The predicted octanol–water partition coefficient (Wildman–Crippen LogP) is 5.85. The number of benzene rings is 3. The standard InChI is InChI=1S/C28H29NO5/c1-20-16-22(17-29-34-21(2)23-10-6-5-7-11-23)14-15-27(20)33-18-24-12-8-9-13-25(24)26(19-31-3)28(30)32-4/h5-17,19,21H,18H2,1-4H3. The van der Waals surface area contributed by atoms with Gasteiger partial charge in [-0.05, 0) is 59.9 Å². The van der Waals surface area contributed by atoms with Gasteiger partial charge in [0.15, 0.2) is 0 Å². The Morgan fingerprint density at radius 3 is 2.44 bits per heavy atom. The molecular formula is C28H29NO5. The van der Waals surface area contributed by atoms with E-state index in [-0.39, 0.29) is 12.7 Å². The highest BCUT2D eigenvalue weighted by Crippen LogP contribution is 2.25. The molecule has 6 heteroatoms. The molecule has 1 unspecified atom stereocenters. The lowest BCUT2D eigenvalue weighted by atomic mass is 10.0. The van der Waals surface area contributed by atoms with E-state index < -0.39 is 5.97 Å². The van der Waals surface area contributed by atoms with Crippen LogP contribution in [0.15, 0.2) is 84.2 Å². The van der Waals surface area contributed by atoms with E-state index in [0.717, 1.165) is 28.0 Å². The Morgan fingerprint density at radius 2 is 1.74 bits per heavy atom. The number of ether oxygens (including phenoxy) is 3. The summed E-state index contributed by atoms with van der Waals surface area (Å²) in [6.07, 6.45) is 2.93. The molecule has 3 rings (SSSR count). The number of rotatable bonds is 10. The van der Waals surface area contributed by atoms with E-state index >= 15 is 0 Å². The Labute approximate surface area is 200 Å². The molecule has 0 saturated heterocycles. The van der Waals surface area contributed by atoms with Crippen molar-refractivity contribution < 1.29 is 23.8 Å². The van der Waals surface area contributed by atoms with Crippen molar-refractivity contribution in [3.05, 3.63) is 107 Å². The number of carbonyl (C=O) groups is 1. The molecule has 34 heavy (non-hydrogen) atoms. The van der Waals surface area contributed by atoms with Crippen molar-refractivity contribution in [2.75, 3.05) is 14.2 Å². The van der Waals surface area contributed by atoms with Crippen LogP contribution in [-0.2, 0) is 25.7 Å². The lowest BCUT2D eigenvalue weighted by Gasteiger charge is -2.14. The highest BCUT2D eigenvalue weighted by atomic mass is 16.6. The first-order chi connectivity index (χ1) is 16.5. The molecule has 0 spiro atoms. The first kappa shape index (κ1) is 24.6. The summed E-state index contributed by atoms with van der Waals surface area (Å²) in [6, 6.07) is 23.2. The van der Waals surface area contributed by atoms with Gasteiger partial charge in [0, 0.05) is 0 Å². The SMILES string of the molecule is COC=C(C(=O)OC)c1ccccc1COc1ccc(C=NOC(C)c2ccccc2)cc1C. The van der Waals surface area contributed by atoms with Crippen molar-refractivity contribution in [3.63, 3.8) is 0 Å². The summed E-state index contributed by atoms with van der Waals surface area (Å²) < 4.78 is 16.0. The van der Waals surface area contributed by atoms with E-state index in [1.807, 2.05) is 86.6 Å². The van der Waals surface area contributed by atoms with E-state index in [1.165, 1.54) is 20.5 Å². The second-order valence-electron chi connectivity index (χ2n) is 7.62. The zero-order chi connectivity index (χ0) is 24.3. The van der Waals surface area contributed by atoms with Crippen molar-refractivity contribution in [2.24, 2.45) is 5.16 Å². The number of methoxy groups -OCH3 is 2. The molecule has 0 aliphatic heterocycles. The van der Waals surface area contributed by atoms with Crippen LogP contribution in [-0.4, -0.2) is 26.4 Å². The summed E-state index contributed by atoms with van der Waals surface area (Å²) in [5, 5.41) is 4.13. The van der Waals surface area contributed by atoms with Gasteiger partial charge in [0.2, 0.25) is 0 Å². The van der Waals surface area contributed by atoms with Crippen molar-refractivity contribution in [1.82, 2.24) is 0 Å². The molecule has 0 fully saturated rings. The third kappa shape index (κ3) is 6.48. The second kappa shape index (κ2) is 12.3. The largest absolute Gasteiger partial charge is 0.503 e. The van der Waals surface area contributed by atoms with Gasteiger partial charge in [-0.1, -0.05) is 59.8 Å². The molecule has 0 saturated carbocycles. The van der Waals surface area contributed by atoms with Gasteiger partial charge >= 0.3 is 5.97 Å². The van der Waals surface area contributed by atoms with Gasteiger partial charge in [-0.25, -0.2) is 4.79 Å². The summed E-state index contributed by atoms with van der Waals surface area (Å²) in [5.74, 6) is 0.263. The molecule has 0 bridgehead atoms. The summed E-state index contributed by atoms with van der Waals surface area (Å²) in [6.45, 7) is 4.21. The van der Waals surface area contributed by atoms with Gasteiger partial charge < -0.3 is 19.0 Å². The number of carbonyl (C=O) groups excluding carboxylic acids is 1. The molecule has 176 valence electrons. The minimum Gasteiger partial charge on any atom is -0.503 e. The van der Waals surface area contributed by atoms with Gasteiger partial charge in [-0.15, -0.1) is 0 Å². The highest BCUT2D eigenvalue weighted by molar-refractivity contribution is 6.16. The maximum atomic E-state index is 12.2. The fourth-order valence-corrected chi connectivity index (χ4v) is 3.40. The third-order valence-corrected chi connectivity index (χ3v) is 5.22. The van der Waals surface area contributed by atoms with Gasteiger partial charge in [-0.3, -0.25) is 0 Å². The Hall–Kier alpha value is -4.06. The van der Waals surface area contributed by atoms with E-state index in [9.17, 15) is 4.79 Å². The first-order valence-corrected chi connectivity index (χ1v) is 10.9. The molecule has 3 aromatic carbocycles. The Bertz CT molecular complexity index is 1150. The van der Waals surface area contributed by atoms with Crippen molar-refractivity contribution in [3.8, 4) is 5.75 Å². The molecule has 0 heterocycles. The van der Waals surface area contributed by atoms with Crippen LogP contribution in [0.3, 0.4) is 0 Å². The number of nitrogens with zero attached hydrogens (tertiary/aromatic N) is 1. The van der Waals surface area contributed by atoms with Crippen molar-refractivity contribution in [1.29, 1.82) is 0 Å². The molecule has 0 aliphatic carbocycles. The Kier molecular flexibility index (Phi) is 8.86. The third-order valence-electron chi connectivity index (χ3n) is 5.22. The summed E-state index contributed by atoms with van der Waals surface area (Å²) in [7, 11) is 2.83. The molecule has 0 N–H and O–H groups in total. The predicted molar refractivity (Wildman–Crippen MR) is 132 cm³/mol. The van der Waals surface area contributed by atoms with Crippen molar-refractivity contribution >= 4 is 17.8 Å². The lowest BCUT2D eigenvalue weighted by molar-refractivity contribution is -0.133. The maximum Gasteiger partial charge on any atom is 0.341 e. The summed E-state index contributed by atoms with van der Waals surface area (Å²) in [4.78, 5) is 17.8. The normalized spacial score (nSPS) is 12.3. The van der Waals surface area contributed by atoms with Crippen LogP contribution in [0.1, 0.15) is 40.8 Å². The van der Waals surface area contributed by atoms with Gasteiger partial charge in [0.25, 0.3) is 0 Å². The lowest BCUT2D eigenvalue weighted by Crippen LogP contribution is -2.08. The zero-order valence-corrected chi connectivity index (χ0v) is 19.9. The van der Waals surface area contributed by atoms with E-state index in [2.05, 4.69) is 5.16 Å².